The minimum absolute atomic E-state index is 0.0397. The highest BCUT2D eigenvalue weighted by molar-refractivity contribution is 5.77. The highest BCUT2D eigenvalue weighted by Gasteiger charge is 2.17. The largest absolute Gasteiger partial charge is 0.355 e. The lowest BCUT2D eigenvalue weighted by atomic mass is 10.0. The van der Waals surface area contributed by atoms with Gasteiger partial charge in [-0.3, -0.25) is 9.59 Å². The molecule has 10 N–H and O–H groups in total. The zero-order valence-corrected chi connectivity index (χ0v) is 28.5. The molecule has 0 saturated carbocycles. The Morgan fingerprint density at radius 2 is 1.10 bits per heavy atom. The predicted molar refractivity (Wildman–Crippen MR) is 196 cm³/mol. The topological polar surface area (TPSA) is 173 Å². The van der Waals surface area contributed by atoms with Gasteiger partial charge in [0.05, 0.1) is 0 Å². The monoisotopic (exact) mass is 648 g/mol. The zero-order chi connectivity index (χ0) is 34.5. The second-order valence-electron chi connectivity index (χ2n) is 12.4. The van der Waals surface area contributed by atoms with Crippen molar-refractivity contribution in [2.45, 2.75) is 53.4 Å². The van der Waals surface area contributed by atoms with E-state index in [4.69, 9.17) is 11.5 Å². The van der Waals surface area contributed by atoms with E-state index < -0.39 is 0 Å². The second-order valence-corrected chi connectivity index (χ2v) is 12.4. The standard InChI is InChI=1S/C38H48N8O2/c1-7-25-21(3)29-17-30-23(5)27(9-11-37(47)41-15-13-39)35(45-30)20-36-28(10-12-38(48)42-16-14-40)24(6)32(46-36)19-34-26(8-2)22(4)31(44-34)18-33(25)43-29/h7-8,17-20,43-46H,1-2,9-16,39-40H2,3-6H3,(H,41,47)(H,42,48). The van der Waals surface area contributed by atoms with Crippen LogP contribution in [0, 0.1) is 27.7 Å². The van der Waals surface area contributed by atoms with Crippen LogP contribution in [0.4, 0.5) is 0 Å². The first-order chi connectivity index (χ1) is 23.1. The molecule has 10 heteroatoms. The Balaban J connectivity index is 1.80. The maximum absolute atomic E-state index is 12.7. The van der Waals surface area contributed by atoms with Gasteiger partial charge in [-0.25, -0.2) is 0 Å². The van der Waals surface area contributed by atoms with Crippen LogP contribution in [-0.4, -0.2) is 57.9 Å². The lowest BCUT2D eigenvalue weighted by Gasteiger charge is -2.06. The van der Waals surface area contributed by atoms with Gasteiger partial charge in [0.2, 0.25) is 11.8 Å². The molecule has 0 fully saturated rings. The number of aromatic amines is 4. The highest BCUT2D eigenvalue weighted by Crippen LogP contribution is 2.23. The second kappa shape index (κ2) is 14.8. The van der Waals surface area contributed by atoms with Crippen LogP contribution in [0.25, 0.3) is 36.5 Å². The van der Waals surface area contributed by atoms with Crippen molar-refractivity contribution in [1.82, 2.24) is 30.6 Å². The van der Waals surface area contributed by atoms with Crippen LogP contribution in [0.5, 0.6) is 0 Å². The summed E-state index contributed by atoms with van der Waals surface area (Å²) in [6, 6.07) is 0. The van der Waals surface area contributed by atoms with Crippen molar-refractivity contribution < 1.29 is 9.59 Å². The molecule has 0 saturated heterocycles. The predicted octanol–water partition coefficient (Wildman–Crippen LogP) is 1.16. The van der Waals surface area contributed by atoms with E-state index in [0.717, 1.165) is 88.7 Å². The molecular weight excluding hydrogens is 600 g/mol. The van der Waals surface area contributed by atoms with Gasteiger partial charge in [0.25, 0.3) is 0 Å². The van der Waals surface area contributed by atoms with E-state index in [1.807, 2.05) is 12.2 Å². The summed E-state index contributed by atoms with van der Waals surface area (Å²) in [6.45, 7) is 18.3. The van der Waals surface area contributed by atoms with Crippen LogP contribution in [0.1, 0.15) is 80.1 Å². The van der Waals surface area contributed by atoms with Crippen molar-refractivity contribution in [1.29, 1.82) is 0 Å². The number of hydrogen-bond acceptors (Lipinski definition) is 4. The van der Waals surface area contributed by atoms with Gasteiger partial charge in [-0.05, 0) is 98.2 Å². The van der Waals surface area contributed by atoms with Crippen molar-refractivity contribution in [3.63, 3.8) is 0 Å². The van der Waals surface area contributed by atoms with Crippen LogP contribution in [0.3, 0.4) is 0 Å². The summed E-state index contributed by atoms with van der Waals surface area (Å²) >= 11 is 0. The first-order valence-corrected chi connectivity index (χ1v) is 16.5. The smallest absolute Gasteiger partial charge is 0.220 e. The van der Waals surface area contributed by atoms with Crippen LogP contribution in [-0.2, 0) is 22.4 Å². The first kappa shape index (κ1) is 34.3. The number of fused-ring (bicyclic) bond motifs is 8. The third kappa shape index (κ3) is 6.95. The highest BCUT2D eigenvalue weighted by atomic mass is 16.2. The van der Waals surface area contributed by atoms with E-state index in [1.165, 1.54) is 0 Å². The number of nitrogens with two attached hydrogens (primary N) is 2. The van der Waals surface area contributed by atoms with E-state index in [1.54, 1.807) is 0 Å². The summed E-state index contributed by atoms with van der Waals surface area (Å²) in [5, 5.41) is 9.53. The van der Waals surface area contributed by atoms with Gasteiger partial charge in [-0.15, -0.1) is 0 Å². The molecule has 0 spiro atoms. The fraction of sp³-hybridized carbons (Fsp3) is 0.316. The minimum Gasteiger partial charge on any atom is -0.355 e. The maximum atomic E-state index is 12.7. The van der Waals surface area contributed by atoms with Crippen molar-refractivity contribution >= 4 is 48.3 Å². The molecule has 252 valence electrons. The van der Waals surface area contributed by atoms with Crippen molar-refractivity contribution in [3.05, 3.63) is 102 Å². The third-order valence-electron chi connectivity index (χ3n) is 9.34. The van der Waals surface area contributed by atoms with Crippen molar-refractivity contribution in [2.75, 3.05) is 26.2 Å². The average Bonchev–Trinajstić information content (AvgIpc) is 3.73. The van der Waals surface area contributed by atoms with E-state index in [-0.39, 0.29) is 11.8 Å². The first-order valence-electron chi connectivity index (χ1n) is 16.5. The lowest BCUT2D eigenvalue weighted by molar-refractivity contribution is -0.121. The number of carbonyl (C=O) groups is 2. The number of nitrogens with one attached hydrogen (secondary N) is 6. The zero-order valence-electron chi connectivity index (χ0n) is 28.5. The maximum Gasteiger partial charge on any atom is 0.220 e. The number of amides is 2. The van der Waals surface area contributed by atoms with E-state index in [0.29, 0.717) is 51.9 Å². The molecule has 2 amide bonds. The van der Waals surface area contributed by atoms with E-state index in [9.17, 15) is 9.59 Å². The number of H-pyrrole nitrogens is 4. The number of rotatable bonds is 12. The molecule has 0 atom stereocenters. The van der Waals surface area contributed by atoms with Crippen molar-refractivity contribution in [3.8, 4) is 0 Å². The molecule has 0 radical (unpaired) electrons. The Morgan fingerprint density at radius 1 is 0.604 bits per heavy atom. The van der Waals surface area contributed by atoms with E-state index in [2.05, 4.69) is 95.7 Å². The normalized spacial score (nSPS) is 12.0. The fourth-order valence-electron chi connectivity index (χ4n) is 6.54. The van der Waals surface area contributed by atoms with Gasteiger partial charge in [-0.1, -0.05) is 25.3 Å². The van der Waals surface area contributed by atoms with Gasteiger partial charge in [-0.2, -0.15) is 0 Å². The quantitative estimate of drug-likeness (QED) is 0.102. The Hall–Kier alpha value is -5.06. The molecule has 48 heavy (non-hydrogen) atoms. The summed E-state index contributed by atoms with van der Waals surface area (Å²) in [5.74, 6) is -0.0802. The average molecular weight is 649 g/mol. The minimum atomic E-state index is -0.0405. The van der Waals surface area contributed by atoms with Crippen LogP contribution < -0.4 is 43.5 Å². The van der Waals surface area contributed by atoms with Gasteiger partial charge in [0, 0.05) is 94.3 Å². The summed E-state index contributed by atoms with van der Waals surface area (Å²) in [5.41, 5.74) is 23.4. The molecule has 1 aliphatic rings. The molecule has 0 aromatic carbocycles. The molecule has 0 unspecified atom stereocenters. The SMILES string of the molecule is C=Cc1c2[nH]c(c1C)C=c1[nH]c(c(CCC(=O)NCCN)c1C)=Cc1[nH]c(c(C)c1CCC(=O)NCCN)C=c1[nH]c(c(C)c1C=C)=C2. The third-order valence-corrected chi connectivity index (χ3v) is 9.34. The Morgan fingerprint density at radius 3 is 1.73 bits per heavy atom. The molecule has 5 rings (SSSR count). The van der Waals surface area contributed by atoms with Crippen molar-refractivity contribution in [2.24, 2.45) is 11.5 Å². The number of hydrogen-bond donors (Lipinski definition) is 8. The molecule has 4 aromatic rings. The molecule has 4 aromatic heterocycles. The molecule has 0 aliphatic carbocycles. The number of aromatic nitrogens is 4. The summed E-state index contributed by atoms with van der Waals surface area (Å²) in [7, 11) is 0. The Bertz CT molecular complexity index is 2130. The fourth-order valence-corrected chi connectivity index (χ4v) is 6.54. The van der Waals surface area contributed by atoms with Gasteiger partial charge in [0.1, 0.15) is 0 Å². The van der Waals surface area contributed by atoms with Gasteiger partial charge >= 0.3 is 0 Å². The van der Waals surface area contributed by atoms with Gasteiger partial charge < -0.3 is 42.0 Å². The van der Waals surface area contributed by atoms with E-state index >= 15 is 0 Å². The summed E-state index contributed by atoms with van der Waals surface area (Å²) < 4.78 is 0. The van der Waals surface area contributed by atoms with Crippen LogP contribution in [0.15, 0.2) is 13.2 Å². The molecule has 10 nitrogen and oxygen atoms in total. The van der Waals surface area contributed by atoms with Crippen LogP contribution in [0.2, 0.25) is 0 Å². The number of carbonyl (C=O) groups excluding carboxylic acids is 2. The molecule has 8 bridgehead atoms. The molecule has 5 heterocycles. The summed E-state index contributed by atoms with van der Waals surface area (Å²) in [4.78, 5) is 39.9. The Kier molecular flexibility index (Phi) is 10.6. The van der Waals surface area contributed by atoms with Crippen LogP contribution >= 0.6 is 0 Å². The lowest BCUT2D eigenvalue weighted by Crippen LogP contribution is -2.29. The van der Waals surface area contributed by atoms with Gasteiger partial charge in [0.15, 0.2) is 0 Å². The molecule has 1 aliphatic heterocycles. The Labute approximate surface area is 280 Å². The summed E-state index contributed by atoms with van der Waals surface area (Å²) in [6.07, 6.45) is 14.0. The molecular formula is C38H48N8O2.